The summed E-state index contributed by atoms with van der Waals surface area (Å²) >= 11 is 0. The standard InChI is InChI=1S/C13H22/c1-3-7-12(8-4-2)11-13-9-5-6-10-13/h3,13H,4-6,8-11H2,1-2H3. The highest BCUT2D eigenvalue weighted by atomic mass is 14.2. The third-order valence-electron chi connectivity index (χ3n) is 2.91. The van der Waals surface area contributed by atoms with Crippen molar-refractivity contribution in [3.63, 3.8) is 0 Å². The number of rotatable bonds is 4. The normalized spacial score (nSPS) is 17.1. The van der Waals surface area contributed by atoms with Crippen molar-refractivity contribution in [3.05, 3.63) is 17.4 Å². The Bertz CT molecular complexity index is 188. The van der Waals surface area contributed by atoms with Gasteiger partial charge in [-0.15, -0.1) is 5.73 Å². The summed E-state index contributed by atoms with van der Waals surface area (Å²) in [4.78, 5) is 0. The zero-order valence-electron chi connectivity index (χ0n) is 9.10. The highest BCUT2D eigenvalue weighted by molar-refractivity contribution is 5.02. The summed E-state index contributed by atoms with van der Waals surface area (Å²) in [6.07, 6.45) is 11.7. The molecule has 0 heteroatoms. The highest BCUT2D eigenvalue weighted by Gasteiger charge is 2.15. The molecular weight excluding hydrogens is 156 g/mol. The molecule has 1 saturated carbocycles. The van der Waals surface area contributed by atoms with Gasteiger partial charge in [0.1, 0.15) is 0 Å². The van der Waals surface area contributed by atoms with Gasteiger partial charge in [-0.05, 0) is 37.3 Å². The van der Waals surface area contributed by atoms with Gasteiger partial charge in [0.2, 0.25) is 0 Å². The molecule has 0 aromatic rings. The summed E-state index contributed by atoms with van der Waals surface area (Å²) in [7, 11) is 0. The van der Waals surface area contributed by atoms with E-state index in [1.807, 2.05) is 0 Å². The largest absolute Gasteiger partial charge is 0.126 e. The zero-order valence-corrected chi connectivity index (χ0v) is 9.10. The van der Waals surface area contributed by atoms with E-state index in [0.717, 1.165) is 5.92 Å². The minimum absolute atomic E-state index is 0.981. The van der Waals surface area contributed by atoms with E-state index in [0.29, 0.717) is 0 Å². The Balaban J connectivity index is 2.41. The van der Waals surface area contributed by atoms with Crippen LogP contribution in [0.5, 0.6) is 0 Å². The molecule has 0 saturated heterocycles. The highest BCUT2D eigenvalue weighted by Crippen LogP contribution is 2.30. The Morgan fingerprint density at radius 3 is 2.62 bits per heavy atom. The van der Waals surface area contributed by atoms with Crippen molar-refractivity contribution in [1.29, 1.82) is 0 Å². The first-order chi connectivity index (χ1) is 6.36. The van der Waals surface area contributed by atoms with Crippen molar-refractivity contribution >= 4 is 0 Å². The molecule has 74 valence electrons. The average Bonchev–Trinajstić information content (AvgIpc) is 2.58. The molecule has 0 nitrogen and oxygen atoms in total. The molecule has 0 unspecified atom stereocenters. The molecule has 0 amide bonds. The second-order valence-corrected chi connectivity index (χ2v) is 4.14. The fourth-order valence-electron chi connectivity index (χ4n) is 2.30. The summed E-state index contributed by atoms with van der Waals surface area (Å²) in [5, 5.41) is 0. The van der Waals surface area contributed by atoms with E-state index in [9.17, 15) is 0 Å². The molecule has 0 aliphatic heterocycles. The first kappa shape index (κ1) is 10.6. The van der Waals surface area contributed by atoms with Crippen molar-refractivity contribution in [3.8, 4) is 0 Å². The molecule has 0 N–H and O–H groups in total. The Hall–Kier alpha value is -0.480. The lowest BCUT2D eigenvalue weighted by molar-refractivity contribution is 0.533. The van der Waals surface area contributed by atoms with Gasteiger partial charge in [0.15, 0.2) is 0 Å². The van der Waals surface area contributed by atoms with E-state index in [4.69, 9.17) is 0 Å². The van der Waals surface area contributed by atoms with Gasteiger partial charge in [-0.3, -0.25) is 0 Å². The van der Waals surface area contributed by atoms with Gasteiger partial charge in [0, 0.05) is 0 Å². The monoisotopic (exact) mass is 178 g/mol. The summed E-state index contributed by atoms with van der Waals surface area (Å²) < 4.78 is 0. The van der Waals surface area contributed by atoms with Crippen LogP contribution in [-0.4, -0.2) is 0 Å². The molecule has 1 aliphatic rings. The molecule has 0 aromatic heterocycles. The van der Waals surface area contributed by atoms with Crippen LogP contribution in [0.1, 0.15) is 58.8 Å². The van der Waals surface area contributed by atoms with E-state index >= 15 is 0 Å². The molecule has 0 radical (unpaired) electrons. The Morgan fingerprint density at radius 2 is 2.08 bits per heavy atom. The minimum Gasteiger partial charge on any atom is -0.126 e. The van der Waals surface area contributed by atoms with Crippen LogP contribution in [0, 0.1) is 5.92 Å². The smallest absolute Gasteiger partial charge is 0.0216 e. The maximum absolute atomic E-state index is 3.40. The van der Waals surface area contributed by atoms with Gasteiger partial charge in [0.05, 0.1) is 0 Å². The van der Waals surface area contributed by atoms with E-state index in [-0.39, 0.29) is 0 Å². The number of hydrogen-bond donors (Lipinski definition) is 0. The van der Waals surface area contributed by atoms with E-state index in [2.05, 4.69) is 25.7 Å². The summed E-state index contributed by atoms with van der Waals surface area (Å²) in [5.74, 6) is 0.981. The fraction of sp³-hybridized carbons (Fsp3) is 0.769. The molecule has 0 heterocycles. The zero-order chi connectivity index (χ0) is 9.52. The quantitative estimate of drug-likeness (QED) is 0.557. The van der Waals surface area contributed by atoms with Crippen LogP contribution in [0.4, 0.5) is 0 Å². The van der Waals surface area contributed by atoms with Crippen LogP contribution in [0.15, 0.2) is 17.4 Å². The molecule has 13 heavy (non-hydrogen) atoms. The third kappa shape index (κ3) is 3.83. The summed E-state index contributed by atoms with van der Waals surface area (Å²) in [6, 6.07) is 0. The minimum atomic E-state index is 0.981. The predicted molar refractivity (Wildman–Crippen MR) is 58.8 cm³/mol. The molecular formula is C13H22. The van der Waals surface area contributed by atoms with Gasteiger partial charge in [-0.1, -0.05) is 39.0 Å². The summed E-state index contributed by atoms with van der Waals surface area (Å²) in [5.41, 5.74) is 4.95. The van der Waals surface area contributed by atoms with Gasteiger partial charge in [-0.2, -0.15) is 0 Å². The summed E-state index contributed by atoms with van der Waals surface area (Å²) in [6.45, 7) is 4.33. The van der Waals surface area contributed by atoms with Crippen LogP contribution < -0.4 is 0 Å². The van der Waals surface area contributed by atoms with Crippen molar-refractivity contribution in [2.45, 2.75) is 58.8 Å². The van der Waals surface area contributed by atoms with E-state index in [1.54, 1.807) is 5.57 Å². The topological polar surface area (TPSA) is 0 Å². The molecule has 1 fully saturated rings. The lowest BCUT2D eigenvalue weighted by Gasteiger charge is -2.09. The van der Waals surface area contributed by atoms with E-state index in [1.165, 1.54) is 44.9 Å². The number of allylic oxidation sites excluding steroid dienone is 1. The van der Waals surface area contributed by atoms with Crippen molar-refractivity contribution in [2.75, 3.05) is 0 Å². The Labute approximate surface area is 82.7 Å². The van der Waals surface area contributed by atoms with Crippen LogP contribution in [-0.2, 0) is 0 Å². The maximum Gasteiger partial charge on any atom is -0.0216 e. The Morgan fingerprint density at radius 1 is 1.38 bits per heavy atom. The molecule has 0 aromatic carbocycles. The van der Waals surface area contributed by atoms with Crippen LogP contribution >= 0.6 is 0 Å². The number of hydrogen-bond acceptors (Lipinski definition) is 0. The molecule has 1 rings (SSSR count). The molecule has 1 aliphatic carbocycles. The lowest BCUT2D eigenvalue weighted by Crippen LogP contribution is -1.95. The SMILES string of the molecule is CC=C=C(CCC)CC1CCCC1. The van der Waals surface area contributed by atoms with Gasteiger partial charge in [0.25, 0.3) is 0 Å². The Kier molecular flexibility index (Phi) is 4.93. The van der Waals surface area contributed by atoms with Gasteiger partial charge in [-0.25, -0.2) is 0 Å². The second kappa shape index (κ2) is 6.05. The van der Waals surface area contributed by atoms with Gasteiger partial charge >= 0.3 is 0 Å². The first-order valence-corrected chi connectivity index (χ1v) is 5.75. The maximum atomic E-state index is 3.40. The lowest BCUT2D eigenvalue weighted by atomic mass is 9.96. The van der Waals surface area contributed by atoms with Crippen molar-refractivity contribution in [2.24, 2.45) is 5.92 Å². The predicted octanol–water partition coefficient (Wildman–Crippen LogP) is 4.47. The van der Waals surface area contributed by atoms with Crippen molar-refractivity contribution < 1.29 is 0 Å². The van der Waals surface area contributed by atoms with Crippen LogP contribution in [0.3, 0.4) is 0 Å². The van der Waals surface area contributed by atoms with Gasteiger partial charge < -0.3 is 0 Å². The first-order valence-electron chi connectivity index (χ1n) is 5.75. The fourth-order valence-corrected chi connectivity index (χ4v) is 2.30. The van der Waals surface area contributed by atoms with Crippen molar-refractivity contribution in [1.82, 2.24) is 0 Å². The second-order valence-electron chi connectivity index (χ2n) is 4.14. The van der Waals surface area contributed by atoms with Crippen LogP contribution in [0.2, 0.25) is 0 Å². The third-order valence-corrected chi connectivity index (χ3v) is 2.91. The van der Waals surface area contributed by atoms with E-state index < -0.39 is 0 Å². The average molecular weight is 178 g/mol. The molecule has 0 bridgehead atoms. The molecule has 0 atom stereocenters. The van der Waals surface area contributed by atoms with Crippen LogP contribution in [0.25, 0.3) is 0 Å². The molecule has 0 spiro atoms.